The number of rotatable bonds is 2. The third-order valence-corrected chi connectivity index (χ3v) is 2.37. The summed E-state index contributed by atoms with van der Waals surface area (Å²) < 4.78 is 0. The fraction of sp³-hybridized carbons (Fsp3) is 0. The highest BCUT2D eigenvalue weighted by atomic mass is 35.5. The van der Waals surface area contributed by atoms with Crippen molar-refractivity contribution in [2.75, 3.05) is 5.32 Å². The number of hydrogen-bond acceptors (Lipinski definition) is 4. The first kappa shape index (κ1) is 11.8. The number of anilines is 1. The van der Waals surface area contributed by atoms with Gasteiger partial charge in [-0.15, -0.1) is 10.2 Å². The van der Waals surface area contributed by atoms with Crippen molar-refractivity contribution < 1.29 is 4.79 Å². The van der Waals surface area contributed by atoms with Crippen LogP contribution < -0.4 is 5.32 Å². The Morgan fingerprint density at radius 3 is 2.59 bits per heavy atom. The Hall–Kier alpha value is -1.72. The molecular weight excluding hydrogens is 263 g/mol. The van der Waals surface area contributed by atoms with Gasteiger partial charge in [0.15, 0.2) is 10.3 Å². The summed E-state index contributed by atoms with van der Waals surface area (Å²) in [5.74, 6) is -0.405. The molecule has 0 bridgehead atoms. The first-order chi connectivity index (χ1) is 8.16. The molecule has 2 rings (SSSR count). The van der Waals surface area contributed by atoms with E-state index < -0.39 is 5.91 Å². The van der Waals surface area contributed by atoms with Crippen LogP contribution in [0, 0.1) is 0 Å². The predicted octanol–water partition coefficient (Wildman–Crippen LogP) is 2.43. The number of halogens is 2. The number of carbonyl (C=O) groups is 1. The van der Waals surface area contributed by atoms with E-state index in [0.717, 1.165) is 0 Å². The fourth-order valence-electron chi connectivity index (χ4n) is 1.15. The van der Waals surface area contributed by atoms with Crippen LogP contribution in [0.3, 0.4) is 0 Å². The van der Waals surface area contributed by atoms with Gasteiger partial charge in [0, 0.05) is 18.1 Å². The zero-order valence-corrected chi connectivity index (χ0v) is 9.90. The normalized spacial score (nSPS) is 10.0. The van der Waals surface area contributed by atoms with Gasteiger partial charge in [0.2, 0.25) is 0 Å². The van der Waals surface area contributed by atoms with Crippen LogP contribution in [0.5, 0.6) is 0 Å². The first-order valence-corrected chi connectivity index (χ1v) is 5.32. The molecule has 0 aliphatic carbocycles. The van der Waals surface area contributed by atoms with Crippen LogP contribution in [0.2, 0.25) is 10.3 Å². The minimum atomic E-state index is -0.405. The monoisotopic (exact) mass is 268 g/mol. The van der Waals surface area contributed by atoms with Crippen molar-refractivity contribution >= 4 is 34.8 Å². The molecule has 1 amide bonds. The van der Waals surface area contributed by atoms with Gasteiger partial charge in [0.25, 0.3) is 5.91 Å². The number of amides is 1. The van der Waals surface area contributed by atoms with Gasteiger partial charge in [-0.1, -0.05) is 23.2 Å². The van der Waals surface area contributed by atoms with E-state index in [-0.39, 0.29) is 15.9 Å². The van der Waals surface area contributed by atoms with Gasteiger partial charge < -0.3 is 5.32 Å². The number of nitrogens with zero attached hydrogens (tertiary/aromatic N) is 3. The molecule has 2 aromatic rings. The minimum Gasteiger partial charge on any atom is -0.322 e. The lowest BCUT2D eigenvalue weighted by molar-refractivity contribution is 0.102. The Bertz CT molecular complexity index is 547. The van der Waals surface area contributed by atoms with Crippen molar-refractivity contribution in [2.45, 2.75) is 0 Å². The molecule has 0 spiro atoms. The standard InChI is InChI=1S/C10H6Cl2N4O/c11-8-5-7(9(12)16-15-8)10(17)14-6-1-3-13-4-2-6/h1-5H,(H,13,14,17). The lowest BCUT2D eigenvalue weighted by Crippen LogP contribution is -2.13. The third kappa shape index (κ3) is 2.89. The van der Waals surface area contributed by atoms with E-state index in [2.05, 4.69) is 20.5 Å². The van der Waals surface area contributed by atoms with Crippen LogP contribution in [0.25, 0.3) is 0 Å². The van der Waals surface area contributed by atoms with Crippen molar-refractivity contribution in [2.24, 2.45) is 0 Å². The molecular formula is C10H6Cl2N4O. The summed E-state index contributed by atoms with van der Waals surface area (Å²) >= 11 is 11.4. The molecule has 5 nitrogen and oxygen atoms in total. The van der Waals surface area contributed by atoms with Gasteiger partial charge in [0.05, 0.1) is 5.56 Å². The molecule has 0 atom stereocenters. The second-order valence-electron chi connectivity index (χ2n) is 3.06. The van der Waals surface area contributed by atoms with E-state index >= 15 is 0 Å². The molecule has 0 unspecified atom stereocenters. The lowest BCUT2D eigenvalue weighted by atomic mass is 10.3. The van der Waals surface area contributed by atoms with E-state index in [1.807, 2.05) is 0 Å². The Morgan fingerprint density at radius 2 is 1.88 bits per heavy atom. The van der Waals surface area contributed by atoms with Crippen LogP contribution >= 0.6 is 23.2 Å². The average molecular weight is 269 g/mol. The number of aromatic nitrogens is 3. The summed E-state index contributed by atoms with van der Waals surface area (Å²) in [6.07, 6.45) is 3.13. The molecule has 7 heteroatoms. The molecule has 2 heterocycles. The first-order valence-electron chi connectivity index (χ1n) is 4.57. The van der Waals surface area contributed by atoms with E-state index in [0.29, 0.717) is 5.69 Å². The van der Waals surface area contributed by atoms with Crippen molar-refractivity contribution in [1.29, 1.82) is 0 Å². The van der Waals surface area contributed by atoms with Gasteiger partial charge in [-0.2, -0.15) is 0 Å². The number of nitrogens with one attached hydrogen (secondary N) is 1. The second kappa shape index (κ2) is 5.07. The van der Waals surface area contributed by atoms with E-state index in [1.54, 1.807) is 24.5 Å². The molecule has 0 fully saturated rings. The van der Waals surface area contributed by atoms with Crippen LogP contribution in [-0.4, -0.2) is 21.1 Å². The second-order valence-corrected chi connectivity index (χ2v) is 3.81. The third-order valence-electron chi connectivity index (χ3n) is 1.90. The Labute approximate surface area is 107 Å². The van der Waals surface area contributed by atoms with Crippen molar-refractivity contribution in [3.05, 3.63) is 46.5 Å². The molecule has 86 valence electrons. The molecule has 0 saturated heterocycles. The zero-order valence-electron chi connectivity index (χ0n) is 8.39. The van der Waals surface area contributed by atoms with Crippen molar-refractivity contribution in [1.82, 2.24) is 15.2 Å². The SMILES string of the molecule is O=C(Nc1ccncc1)c1cc(Cl)nnc1Cl. The molecule has 0 aromatic carbocycles. The van der Waals surface area contributed by atoms with E-state index in [1.165, 1.54) is 6.07 Å². The summed E-state index contributed by atoms with van der Waals surface area (Å²) in [5.41, 5.74) is 0.775. The quantitative estimate of drug-likeness (QED) is 0.909. The van der Waals surface area contributed by atoms with E-state index in [9.17, 15) is 4.79 Å². The van der Waals surface area contributed by atoms with Crippen LogP contribution in [0.15, 0.2) is 30.6 Å². The topological polar surface area (TPSA) is 67.8 Å². The molecule has 0 saturated carbocycles. The maximum atomic E-state index is 11.8. The molecule has 0 aliphatic rings. The van der Waals surface area contributed by atoms with Gasteiger partial charge in [-0.3, -0.25) is 9.78 Å². The summed E-state index contributed by atoms with van der Waals surface area (Å²) in [5, 5.41) is 9.82. The maximum absolute atomic E-state index is 11.8. The summed E-state index contributed by atoms with van der Waals surface area (Å²) in [6.45, 7) is 0. The lowest BCUT2D eigenvalue weighted by Gasteiger charge is -2.05. The molecule has 0 radical (unpaired) electrons. The summed E-state index contributed by atoms with van der Waals surface area (Å²) in [4.78, 5) is 15.7. The highest BCUT2D eigenvalue weighted by Gasteiger charge is 2.13. The number of pyridine rings is 1. The van der Waals surface area contributed by atoms with Crippen LogP contribution in [0.1, 0.15) is 10.4 Å². The number of hydrogen-bond donors (Lipinski definition) is 1. The summed E-state index contributed by atoms with van der Waals surface area (Å²) in [6, 6.07) is 4.66. The largest absolute Gasteiger partial charge is 0.322 e. The molecule has 2 aromatic heterocycles. The highest BCUT2D eigenvalue weighted by molar-refractivity contribution is 6.34. The van der Waals surface area contributed by atoms with Crippen molar-refractivity contribution in [3.8, 4) is 0 Å². The molecule has 17 heavy (non-hydrogen) atoms. The predicted molar refractivity (Wildman–Crippen MR) is 64.2 cm³/mol. The average Bonchev–Trinajstić information content (AvgIpc) is 2.33. The molecule has 0 aliphatic heterocycles. The Kier molecular flexibility index (Phi) is 3.51. The highest BCUT2D eigenvalue weighted by Crippen LogP contribution is 2.17. The zero-order chi connectivity index (χ0) is 12.3. The molecule has 1 N–H and O–H groups in total. The van der Waals surface area contributed by atoms with Crippen LogP contribution in [0.4, 0.5) is 5.69 Å². The number of carbonyl (C=O) groups excluding carboxylic acids is 1. The minimum absolute atomic E-state index is 0.000885. The van der Waals surface area contributed by atoms with Gasteiger partial charge >= 0.3 is 0 Å². The smallest absolute Gasteiger partial charge is 0.258 e. The van der Waals surface area contributed by atoms with Gasteiger partial charge in [0.1, 0.15) is 0 Å². The van der Waals surface area contributed by atoms with Crippen LogP contribution in [-0.2, 0) is 0 Å². The van der Waals surface area contributed by atoms with E-state index in [4.69, 9.17) is 23.2 Å². The Balaban J connectivity index is 2.23. The fourth-order valence-corrected chi connectivity index (χ4v) is 1.47. The summed E-state index contributed by atoms with van der Waals surface area (Å²) in [7, 11) is 0. The van der Waals surface area contributed by atoms with Gasteiger partial charge in [-0.25, -0.2) is 0 Å². The Morgan fingerprint density at radius 1 is 1.18 bits per heavy atom. The maximum Gasteiger partial charge on any atom is 0.258 e. The van der Waals surface area contributed by atoms with Gasteiger partial charge in [-0.05, 0) is 18.2 Å². The van der Waals surface area contributed by atoms with Crippen molar-refractivity contribution in [3.63, 3.8) is 0 Å².